The Morgan fingerprint density at radius 3 is 2.44 bits per heavy atom. The number of hydrogen-bond acceptors (Lipinski definition) is 2. The van der Waals surface area contributed by atoms with E-state index in [2.05, 4.69) is 10.3 Å². The molecule has 1 heterocycles. The number of rotatable bonds is 5. The first kappa shape index (κ1) is 13.0. The number of halogens is 3. The Balaban J connectivity index is 2.61. The van der Waals surface area contributed by atoms with Crippen molar-refractivity contribution in [2.45, 2.75) is 32.0 Å². The number of nitrogens with zero attached hydrogens (tertiary/aromatic N) is 1. The molecular formula is C11H15F3N2. The predicted molar refractivity (Wildman–Crippen MR) is 55.9 cm³/mol. The molecule has 1 N–H and O–H groups in total. The normalized spacial score (nSPS) is 13.8. The van der Waals surface area contributed by atoms with Crippen molar-refractivity contribution in [2.24, 2.45) is 0 Å². The van der Waals surface area contributed by atoms with Crippen LogP contribution < -0.4 is 5.32 Å². The van der Waals surface area contributed by atoms with Crippen LogP contribution in [0.3, 0.4) is 0 Å². The van der Waals surface area contributed by atoms with Crippen LogP contribution in [0.1, 0.15) is 31.4 Å². The number of hydrogen-bond donors (Lipinski definition) is 1. The summed E-state index contributed by atoms with van der Waals surface area (Å²) < 4.78 is 36.4. The van der Waals surface area contributed by atoms with Gasteiger partial charge >= 0.3 is 6.18 Å². The molecule has 0 saturated carbocycles. The second-order valence-electron chi connectivity index (χ2n) is 3.54. The fourth-order valence-corrected chi connectivity index (χ4v) is 1.54. The molecule has 1 rings (SSSR count). The van der Waals surface area contributed by atoms with Crippen LogP contribution in [-0.4, -0.2) is 17.7 Å². The van der Waals surface area contributed by atoms with E-state index in [1.807, 2.05) is 6.92 Å². The molecule has 0 saturated heterocycles. The Kier molecular flexibility index (Phi) is 4.73. The zero-order valence-electron chi connectivity index (χ0n) is 9.09. The second kappa shape index (κ2) is 5.84. The van der Waals surface area contributed by atoms with Crippen LogP contribution in [0, 0.1) is 0 Å². The van der Waals surface area contributed by atoms with Crippen molar-refractivity contribution < 1.29 is 13.2 Å². The van der Waals surface area contributed by atoms with Crippen LogP contribution in [0.4, 0.5) is 13.2 Å². The number of aromatic nitrogens is 1. The lowest BCUT2D eigenvalue weighted by molar-refractivity contribution is -0.136. The molecule has 0 aliphatic rings. The third kappa shape index (κ3) is 4.61. The maximum Gasteiger partial charge on any atom is 0.389 e. The van der Waals surface area contributed by atoms with Gasteiger partial charge in [0, 0.05) is 24.9 Å². The smallest absolute Gasteiger partial charge is 0.310 e. The molecule has 0 bridgehead atoms. The molecule has 5 heteroatoms. The molecule has 0 fully saturated rings. The van der Waals surface area contributed by atoms with Gasteiger partial charge in [0.2, 0.25) is 0 Å². The molecular weight excluding hydrogens is 217 g/mol. The highest BCUT2D eigenvalue weighted by molar-refractivity contribution is 5.14. The van der Waals surface area contributed by atoms with Gasteiger partial charge in [-0.3, -0.25) is 4.98 Å². The average Bonchev–Trinajstić information content (AvgIpc) is 2.24. The molecule has 1 aromatic heterocycles. The van der Waals surface area contributed by atoms with Crippen molar-refractivity contribution in [3.05, 3.63) is 30.1 Å². The molecule has 0 amide bonds. The van der Waals surface area contributed by atoms with Crippen LogP contribution in [0.5, 0.6) is 0 Å². The maximum absolute atomic E-state index is 12.1. The molecule has 16 heavy (non-hydrogen) atoms. The van der Waals surface area contributed by atoms with E-state index in [1.54, 1.807) is 24.5 Å². The van der Waals surface area contributed by atoms with E-state index in [0.29, 0.717) is 6.54 Å². The lowest BCUT2D eigenvalue weighted by Crippen LogP contribution is -2.23. The Labute approximate surface area is 92.9 Å². The van der Waals surface area contributed by atoms with E-state index in [1.165, 1.54) is 0 Å². The summed E-state index contributed by atoms with van der Waals surface area (Å²) >= 11 is 0. The molecule has 1 aromatic rings. The van der Waals surface area contributed by atoms with Crippen molar-refractivity contribution >= 4 is 0 Å². The summed E-state index contributed by atoms with van der Waals surface area (Å²) in [5.74, 6) is 0. The molecule has 1 unspecified atom stereocenters. The summed E-state index contributed by atoms with van der Waals surface area (Å²) in [6.45, 7) is 2.52. The van der Waals surface area contributed by atoms with Gasteiger partial charge in [-0.1, -0.05) is 6.92 Å². The minimum absolute atomic E-state index is 0.0569. The van der Waals surface area contributed by atoms with Gasteiger partial charge in [0.15, 0.2) is 0 Å². The third-order valence-corrected chi connectivity index (χ3v) is 2.28. The summed E-state index contributed by atoms with van der Waals surface area (Å²) in [5, 5.41) is 3.04. The molecule has 2 nitrogen and oxygen atoms in total. The van der Waals surface area contributed by atoms with Gasteiger partial charge in [0.25, 0.3) is 0 Å². The van der Waals surface area contributed by atoms with Crippen molar-refractivity contribution in [3.63, 3.8) is 0 Å². The minimum Gasteiger partial charge on any atom is -0.310 e. The fraction of sp³-hybridized carbons (Fsp3) is 0.545. The van der Waals surface area contributed by atoms with Gasteiger partial charge in [-0.2, -0.15) is 13.2 Å². The van der Waals surface area contributed by atoms with Gasteiger partial charge in [-0.25, -0.2) is 0 Å². The quantitative estimate of drug-likeness (QED) is 0.843. The number of nitrogens with one attached hydrogen (secondary N) is 1. The predicted octanol–water partition coefficient (Wildman–Crippen LogP) is 3.07. The van der Waals surface area contributed by atoms with E-state index < -0.39 is 12.6 Å². The zero-order chi connectivity index (χ0) is 12.0. The van der Waals surface area contributed by atoms with Crippen LogP contribution in [0.15, 0.2) is 24.5 Å². The van der Waals surface area contributed by atoms with E-state index in [4.69, 9.17) is 0 Å². The van der Waals surface area contributed by atoms with Crippen LogP contribution in [0.25, 0.3) is 0 Å². The molecule has 1 atom stereocenters. The van der Waals surface area contributed by atoms with E-state index in [0.717, 1.165) is 5.56 Å². The summed E-state index contributed by atoms with van der Waals surface area (Å²) in [6, 6.07) is 3.22. The number of alkyl halides is 3. The molecule has 0 aromatic carbocycles. The Hall–Kier alpha value is -1.10. The van der Waals surface area contributed by atoms with Crippen LogP contribution in [0.2, 0.25) is 0 Å². The fourth-order valence-electron chi connectivity index (χ4n) is 1.54. The van der Waals surface area contributed by atoms with E-state index >= 15 is 0 Å². The molecule has 0 aliphatic carbocycles. The Morgan fingerprint density at radius 2 is 1.94 bits per heavy atom. The summed E-state index contributed by atoms with van der Waals surface area (Å²) in [6.07, 6.45) is -1.63. The zero-order valence-corrected chi connectivity index (χ0v) is 9.09. The minimum atomic E-state index is -4.10. The highest BCUT2D eigenvalue weighted by Crippen LogP contribution is 2.27. The molecule has 90 valence electrons. The highest BCUT2D eigenvalue weighted by Gasteiger charge is 2.28. The summed E-state index contributed by atoms with van der Waals surface area (Å²) in [7, 11) is 0. The van der Waals surface area contributed by atoms with Gasteiger partial charge in [0.05, 0.1) is 0 Å². The average molecular weight is 232 g/mol. The monoisotopic (exact) mass is 232 g/mol. The highest BCUT2D eigenvalue weighted by atomic mass is 19.4. The van der Waals surface area contributed by atoms with Gasteiger partial charge in [-0.15, -0.1) is 0 Å². The summed E-state index contributed by atoms with van der Waals surface area (Å²) in [5.41, 5.74) is 0.848. The topological polar surface area (TPSA) is 24.9 Å². The number of pyridine rings is 1. The van der Waals surface area contributed by atoms with Crippen LogP contribution in [-0.2, 0) is 0 Å². The van der Waals surface area contributed by atoms with Crippen molar-refractivity contribution in [2.75, 3.05) is 6.54 Å². The molecule has 0 aliphatic heterocycles. The van der Waals surface area contributed by atoms with E-state index in [-0.39, 0.29) is 12.5 Å². The first-order valence-corrected chi connectivity index (χ1v) is 5.23. The largest absolute Gasteiger partial charge is 0.389 e. The van der Waals surface area contributed by atoms with Crippen molar-refractivity contribution in [1.82, 2.24) is 10.3 Å². The standard InChI is InChI=1S/C11H15F3N2/c1-2-16-10(3-6-11(12,13)14)9-4-7-15-8-5-9/h4-5,7-8,10,16H,2-3,6H2,1H3. The molecule has 0 spiro atoms. The molecule has 0 radical (unpaired) electrons. The Morgan fingerprint density at radius 1 is 1.31 bits per heavy atom. The lowest BCUT2D eigenvalue weighted by atomic mass is 10.0. The van der Waals surface area contributed by atoms with Gasteiger partial charge < -0.3 is 5.32 Å². The first-order chi connectivity index (χ1) is 7.53. The second-order valence-corrected chi connectivity index (χ2v) is 3.54. The Bertz CT molecular complexity index is 298. The lowest BCUT2D eigenvalue weighted by Gasteiger charge is -2.18. The summed E-state index contributed by atoms with van der Waals surface area (Å²) in [4.78, 5) is 3.85. The first-order valence-electron chi connectivity index (χ1n) is 5.23. The van der Waals surface area contributed by atoms with E-state index in [9.17, 15) is 13.2 Å². The SMILES string of the molecule is CCNC(CCC(F)(F)F)c1ccncc1. The van der Waals surface area contributed by atoms with Crippen LogP contribution >= 0.6 is 0 Å². The van der Waals surface area contributed by atoms with Gasteiger partial charge in [0.1, 0.15) is 0 Å². The third-order valence-electron chi connectivity index (χ3n) is 2.28. The maximum atomic E-state index is 12.1. The van der Waals surface area contributed by atoms with Gasteiger partial charge in [-0.05, 0) is 30.7 Å². The van der Waals surface area contributed by atoms with Crippen molar-refractivity contribution in [3.8, 4) is 0 Å². The van der Waals surface area contributed by atoms with Crippen molar-refractivity contribution in [1.29, 1.82) is 0 Å².